The Morgan fingerprint density at radius 2 is 1.56 bits per heavy atom. The Kier molecular flexibility index (Phi) is 4.35. The smallest absolute Gasteiger partial charge is 0.387 e. The number of nitrogens with two attached hydrogens (primary N) is 1. The van der Waals surface area contributed by atoms with Crippen LogP contribution in [0.5, 0.6) is 11.5 Å². The molecule has 1 rings (SSSR count). The molecule has 0 fully saturated rings. The van der Waals surface area contributed by atoms with Crippen LogP contribution in [0.1, 0.15) is 17.3 Å². The van der Waals surface area contributed by atoms with Crippen LogP contribution in [0.3, 0.4) is 0 Å². The molecule has 0 aliphatic heterocycles. The van der Waals surface area contributed by atoms with Gasteiger partial charge < -0.3 is 15.2 Å². The van der Waals surface area contributed by atoms with E-state index >= 15 is 0 Å². The number of carbonyl (C=O) groups is 1. The molecule has 1 aromatic rings. The Labute approximate surface area is 99.3 Å². The number of benzene rings is 1. The van der Waals surface area contributed by atoms with Gasteiger partial charge in [0.1, 0.15) is 0 Å². The maximum absolute atomic E-state index is 12.1. The summed E-state index contributed by atoms with van der Waals surface area (Å²) in [6, 6.07) is 1.67. The van der Waals surface area contributed by atoms with Gasteiger partial charge in [-0.1, -0.05) is 0 Å². The van der Waals surface area contributed by atoms with Crippen molar-refractivity contribution in [1.82, 2.24) is 0 Å². The van der Waals surface area contributed by atoms with Gasteiger partial charge in [-0.2, -0.15) is 17.6 Å². The Balaban J connectivity index is 3.22. The maximum atomic E-state index is 12.1. The van der Waals surface area contributed by atoms with E-state index in [9.17, 15) is 22.4 Å². The summed E-state index contributed by atoms with van der Waals surface area (Å²) in [4.78, 5) is 11.1. The van der Waals surface area contributed by atoms with Crippen LogP contribution in [0.4, 0.5) is 23.2 Å². The minimum Gasteiger partial charge on any atom is -0.431 e. The molecular formula is C10H9F4NO3. The molecule has 0 radical (unpaired) electrons. The number of ether oxygens (including phenoxy) is 2. The average Bonchev–Trinajstić information content (AvgIpc) is 2.19. The van der Waals surface area contributed by atoms with Crippen LogP contribution in [-0.2, 0) is 0 Å². The zero-order chi connectivity index (χ0) is 13.9. The second-order valence-electron chi connectivity index (χ2n) is 3.20. The fraction of sp³-hybridized carbons (Fsp3) is 0.300. The van der Waals surface area contributed by atoms with Gasteiger partial charge in [0.2, 0.25) is 0 Å². The lowest BCUT2D eigenvalue weighted by Gasteiger charge is -2.14. The predicted molar refractivity (Wildman–Crippen MR) is 54.1 cm³/mol. The second-order valence-corrected chi connectivity index (χ2v) is 3.20. The molecule has 2 N–H and O–H groups in total. The van der Waals surface area contributed by atoms with Crippen molar-refractivity contribution in [3.63, 3.8) is 0 Å². The SMILES string of the molecule is CC(=O)c1cc(OC(F)F)c(OC(F)F)cc1N. The van der Waals surface area contributed by atoms with E-state index in [4.69, 9.17) is 5.73 Å². The summed E-state index contributed by atoms with van der Waals surface area (Å²) >= 11 is 0. The summed E-state index contributed by atoms with van der Waals surface area (Å²) in [5, 5.41) is 0. The zero-order valence-electron chi connectivity index (χ0n) is 9.12. The first-order chi connectivity index (χ1) is 8.31. The first kappa shape index (κ1) is 14.1. The number of alkyl halides is 4. The molecule has 0 saturated carbocycles. The van der Waals surface area contributed by atoms with E-state index < -0.39 is 30.5 Å². The molecule has 0 atom stereocenters. The van der Waals surface area contributed by atoms with Crippen molar-refractivity contribution >= 4 is 11.5 Å². The predicted octanol–water partition coefficient (Wildman–Crippen LogP) is 2.67. The van der Waals surface area contributed by atoms with Crippen molar-refractivity contribution < 1.29 is 31.8 Å². The van der Waals surface area contributed by atoms with Crippen molar-refractivity contribution in [3.8, 4) is 11.5 Å². The van der Waals surface area contributed by atoms with E-state index in [1.807, 2.05) is 0 Å². The molecule has 0 aromatic heterocycles. The Bertz CT molecular complexity index is 451. The molecule has 0 spiro atoms. The van der Waals surface area contributed by atoms with Crippen molar-refractivity contribution in [3.05, 3.63) is 17.7 Å². The van der Waals surface area contributed by atoms with Crippen molar-refractivity contribution in [2.45, 2.75) is 20.1 Å². The quantitative estimate of drug-likeness (QED) is 0.506. The first-order valence-electron chi connectivity index (χ1n) is 4.65. The fourth-order valence-electron chi connectivity index (χ4n) is 1.26. The summed E-state index contributed by atoms with van der Waals surface area (Å²) in [6.07, 6.45) is 0. The van der Waals surface area contributed by atoms with Crippen LogP contribution < -0.4 is 15.2 Å². The zero-order valence-corrected chi connectivity index (χ0v) is 9.12. The second kappa shape index (κ2) is 5.56. The molecule has 0 amide bonds. The van der Waals surface area contributed by atoms with Crippen LogP contribution in [0.2, 0.25) is 0 Å². The van der Waals surface area contributed by atoms with Gasteiger partial charge in [0.15, 0.2) is 17.3 Å². The number of nitrogen functional groups attached to an aromatic ring is 1. The summed E-state index contributed by atoms with van der Waals surface area (Å²) in [5.74, 6) is -1.85. The lowest BCUT2D eigenvalue weighted by atomic mass is 10.1. The monoisotopic (exact) mass is 267 g/mol. The molecule has 0 heterocycles. The number of rotatable bonds is 5. The topological polar surface area (TPSA) is 61.5 Å². The van der Waals surface area contributed by atoms with E-state index in [2.05, 4.69) is 9.47 Å². The Morgan fingerprint density at radius 1 is 1.11 bits per heavy atom. The highest BCUT2D eigenvalue weighted by Crippen LogP contribution is 2.34. The van der Waals surface area contributed by atoms with Gasteiger partial charge in [-0.15, -0.1) is 0 Å². The van der Waals surface area contributed by atoms with E-state index in [1.165, 1.54) is 0 Å². The van der Waals surface area contributed by atoms with Crippen LogP contribution >= 0.6 is 0 Å². The third-order valence-electron chi connectivity index (χ3n) is 1.93. The highest BCUT2D eigenvalue weighted by atomic mass is 19.3. The molecular weight excluding hydrogens is 258 g/mol. The van der Waals surface area contributed by atoms with E-state index in [1.54, 1.807) is 0 Å². The van der Waals surface area contributed by atoms with Crippen molar-refractivity contribution in [2.75, 3.05) is 5.73 Å². The summed E-state index contributed by atoms with van der Waals surface area (Å²) in [5.41, 5.74) is 5.12. The Hall–Kier alpha value is -1.99. The van der Waals surface area contributed by atoms with E-state index in [-0.39, 0.29) is 11.3 Å². The molecule has 18 heavy (non-hydrogen) atoms. The minimum absolute atomic E-state index is 0.118. The third kappa shape index (κ3) is 3.51. The summed E-state index contributed by atoms with van der Waals surface area (Å²) in [6.45, 7) is -5.33. The molecule has 0 unspecified atom stereocenters. The van der Waals surface area contributed by atoms with Gasteiger partial charge in [0.25, 0.3) is 0 Å². The molecule has 8 heteroatoms. The van der Waals surface area contributed by atoms with Crippen LogP contribution in [-0.4, -0.2) is 19.0 Å². The maximum Gasteiger partial charge on any atom is 0.387 e. The van der Waals surface area contributed by atoms with Gasteiger partial charge in [-0.05, 0) is 13.0 Å². The first-order valence-corrected chi connectivity index (χ1v) is 4.65. The molecule has 0 aliphatic rings. The van der Waals surface area contributed by atoms with E-state index in [0.717, 1.165) is 19.1 Å². The molecule has 0 bridgehead atoms. The number of halogens is 4. The third-order valence-corrected chi connectivity index (χ3v) is 1.93. The molecule has 0 aliphatic carbocycles. The number of carbonyl (C=O) groups excluding carboxylic acids is 1. The lowest BCUT2D eigenvalue weighted by Crippen LogP contribution is -2.10. The van der Waals surface area contributed by atoms with Gasteiger partial charge in [-0.25, -0.2) is 0 Å². The van der Waals surface area contributed by atoms with Gasteiger partial charge in [0.05, 0.1) is 0 Å². The summed E-state index contributed by atoms with van der Waals surface area (Å²) in [7, 11) is 0. The number of ketones is 1. The molecule has 0 saturated heterocycles. The normalized spacial score (nSPS) is 10.8. The summed E-state index contributed by atoms with van der Waals surface area (Å²) < 4.78 is 56.3. The van der Waals surface area contributed by atoms with Gasteiger partial charge in [-0.3, -0.25) is 4.79 Å². The molecule has 4 nitrogen and oxygen atoms in total. The number of hydrogen-bond donors (Lipinski definition) is 1. The van der Waals surface area contributed by atoms with Crippen LogP contribution in [0.25, 0.3) is 0 Å². The van der Waals surface area contributed by atoms with Gasteiger partial charge >= 0.3 is 13.2 Å². The van der Waals surface area contributed by atoms with Gasteiger partial charge in [0, 0.05) is 17.3 Å². The average molecular weight is 267 g/mol. The molecule has 100 valence electrons. The molecule has 1 aromatic carbocycles. The number of hydrogen-bond acceptors (Lipinski definition) is 4. The highest BCUT2D eigenvalue weighted by Gasteiger charge is 2.18. The largest absolute Gasteiger partial charge is 0.431 e. The van der Waals surface area contributed by atoms with E-state index in [0.29, 0.717) is 0 Å². The number of Topliss-reactive ketones (excluding diaryl/α,β-unsaturated/α-hetero) is 1. The standard InChI is InChI=1S/C10H9F4NO3/c1-4(16)5-2-7(17-9(11)12)8(3-6(5)15)18-10(13)14/h2-3,9-10H,15H2,1H3. The Morgan fingerprint density at radius 3 is 1.94 bits per heavy atom. The van der Waals surface area contributed by atoms with Crippen LogP contribution in [0, 0.1) is 0 Å². The minimum atomic E-state index is -3.24. The number of anilines is 1. The highest BCUT2D eigenvalue weighted by molar-refractivity contribution is 5.99. The lowest BCUT2D eigenvalue weighted by molar-refractivity contribution is -0.0692. The fourth-order valence-corrected chi connectivity index (χ4v) is 1.26. The van der Waals surface area contributed by atoms with Crippen molar-refractivity contribution in [2.24, 2.45) is 0 Å². The van der Waals surface area contributed by atoms with Crippen molar-refractivity contribution in [1.29, 1.82) is 0 Å². The van der Waals surface area contributed by atoms with Crippen LogP contribution in [0.15, 0.2) is 12.1 Å².